The molecule has 0 spiro atoms. The molecule has 1 aliphatic heterocycles. The van der Waals surface area contributed by atoms with Crippen molar-refractivity contribution >= 4 is 11.0 Å². The van der Waals surface area contributed by atoms with Crippen LogP contribution in [0.5, 0.6) is 0 Å². The molecule has 1 fully saturated rings. The lowest BCUT2D eigenvalue weighted by atomic mass is 9.96. The molecule has 2 N–H and O–H groups in total. The summed E-state index contributed by atoms with van der Waals surface area (Å²) in [7, 11) is 0. The third kappa shape index (κ3) is 4.31. The van der Waals surface area contributed by atoms with Gasteiger partial charge in [0.25, 0.3) is 0 Å². The van der Waals surface area contributed by atoms with E-state index >= 15 is 0 Å². The summed E-state index contributed by atoms with van der Waals surface area (Å²) < 4.78 is 5.48. The molecule has 1 aromatic carbocycles. The van der Waals surface area contributed by atoms with Crippen LogP contribution in [0.3, 0.4) is 0 Å². The third-order valence-electron chi connectivity index (χ3n) is 4.47. The van der Waals surface area contributed by atoms with Crippen LogP contribution in [0, 0.1) is 0 Å². The number of piperidine rings is 1. The quantitative estimate of drug-likeness (QED) is 0.859. The number of hydrogen-bond acceptors (Lipinski definition) is 4. The number of ether oxygens (including phenoxy) is 1. The van der Waals surface area contributed by atoms with Crippen molar-refractivity contribution < 1.29 is 9.84 Å². The second-order valence-corrected chi connectivity index (χ2v) is 6.75. The molecule has 1 saturated heterocycles. The molecule has 2 heterocycles. The minimum atomic E-state index is -0.403. The largest absolute Gasteiger partial charge is 0.389 e. The van der Waals surface area contributed by atoms with Crippen LogP contribution in [0.2, 0.25) is 0 Å². The Labute approximate surface area is 137 Å². The van der Waals surface area contributed by atoms with E-state index in [1.165, 1.54) is 0 Å². The molecule has 5 nitrogen and oxygen atoms in total. The first kappa shape index (κ1) is 16.4. The van der Waals surface area contributed by atoms with Crippen LogP contribution >= 0.6 is 0 Å². The van der Waals surface area contributed by atoms with Gasteiger partial charge in [0.15, 0.2) is 0 Å². The number of para-hydroxylation sites is 2. The number of imidazole rings is 1. The first-order valence-electron chi connectivity index (χ1n) is 8.58. The van der Waals surface area contributed by atoms with Crippen LogP contribution in [0.25, 0.3) is 11.0 Å². The van der Waals surface area contributed by atoms with E-state index in [9.17, 15) is 5.11 Å². The zero-order chi connectivity index (χ0) is 16.2. The number of nitrogens with one attached hydrogen (secondary N) is 1. The molecule has 2 aromatic rings. The number of β-amino-alcohol motifs (C(OH)–C–C–N with tert-alkyl or cyclic N) is 1. The smallest absolute Gasteiger partial charge is 0.110 e. The van der Waals surface area contributed by atoms with Gasteiger partial charge in [-0.15, -0.1) is 0 Å². The summed E-state index contributed by atoms with van der Waals surface area (Å²) in [6.45, 7) is 7.10. The number of aromatic nitrogens is 2. The molecule has 0 aliphatic carbocycles. The summed E-state index contributed by atoms with van der Waals surface area (Å²) in [6.07, 6.45) is 1.93. The van der Waals surface area contributed by atoms with Crippen LogP contribution in [0.1, 0.15) is 38.4 Å². The average Bonchev–Trinajstić information content (AvgIpc) is 2.97. The number of benzene rings is 1. The normalized spacial score (nSPS) is 18.8. The number of aliphatic hydroxyl groups is 1. The van der Waals surface area contributed by atoms with Crippen LogP contribution in [-0.4, -0.2) is 58.4 Å². The molecular formula is C18H27N3O2. The van der Waals surface area contributed by atoms with Crippen molar-refractivity contribution in [3.63, 3.8) is 0 Å². The predicted octanol–water partition coefficient (Wildman–Crippen LogP) is 2.53. The number of aliphatic hydroxyl groups excluding tert-OH is 1. The fourth-order valence-electron chi connectivity index (χ4n) is 3.21. The van der Waals surface area contributed by atoms with Crippen molar-refractivity contribution in [2.45, 2.75) is 44.8 Å². The van der Waals surface area contributed by atoms with E-state index < -0.39 is 6.10 Å². The van der Waals surface area contributed by atoms with E-state index in [0.717, 1.165) is 42.8 Å². The van der Waals surface area contributed by atoms with Gasteiger partial charge < -0.3 is 19.7 Å². The number of likely N-dealkylation sites (tertiary alicyclic amines) is 1. The zero-order valence-electron chi connectivity index (χ0n) is 14.0. The van der Waals surface area contributed by atoms with E-state index in [-0.39, 0.29) is 6.10 Å². The average molecular weight is 317 g/mol. The number of rotatable bonds is 6. The van der Waals surface area contributed by atoms with Crippen LogP contribution in [0.15, 0.2) is 24.3 Å². The molecular weight excluding hydrogens is 290 g/mol. The molecule has 0 saturated carbocycles. The number of H-pyrrole nitrogens is 1. The molecule has 0 radical (unpaired) electrons. The molecule has 5 heteroatoms. The van der Waals surface area contributed by atoms with Crippen molar-refractivity contribution in [3.8, 4) is 0 Å². The highest BCUT2D eigenvalue weighted by atomic mass is 16.5. The van der Waals surface area contributed by atoms with Gasteiger partial charge in [-0.05, 0) is 51.9 Å². The van der Waals surface area contributed by atoms with E-state index in [2.05, 4.69) is 22.0 Å². The van der Waals surface area contributed by atoms with Crippen LogP contribution in [0.4, 0.5) is 0 Å². The Bertz CT molecular complexity index is 585. The van der Waals surface area contributed by atoms with Crippen molar-refractivity contribution in [1.82, 2.24) is 14.9 Å². The van der Waals surface area contributed by atoms with E-state index in [1.807, 2.05) is 26.0 Å². The van der Waals surface area contributed by atoms with Crippen LogP contribution in [-0.2, 0) is 4.74 Å². The Hall–Kier alpha value is -1.43. The molecule has 0 amide bonds. The van der Waals surface area contributed by atoms with E-state index in [0.29, 0.717) is 19.1 Å². The van der Waals surface area contributed by atoms with Crippen LogP contribution < -0.4 is 0 Å². The topological polar surface area (TPSA) is 61.4 Å². The van der Waals surface area contributed by atoms with Gasteiger partial charge in [0.05, 0.1) is 29.8 Å². The zero-order valence-corrected chi connectivity index (χ0v) is 14.0. The molecule has 0 bridgehead atoms. The first-order chi connectivity index (χ1) is 11.1. The predicted molar refractivity (Wildman–Crippen MR) is 91.6 cm³/mol. The van der Waals surface area contributed by atoms with Gasteiger partial charge in [-0.25, -0.2) is 4.98 Å². The Morgan fingerprint density at radius 1 is 1.30 bits per heavy atom. The van der Waals surface area contributed by atoms with E-state index in [4.69, 9.17) is 9.72 Å². The van der Waals surface area contributed by atoms with Gasteiger partial charge in [0.2, 0.25) is 0 Å². The van der Waals surface area contributed by atoms with Gasteiger partial charge in [-0.1, -0.05) is 12.1 Å². The lowest BCUT2D eigenvalue weighted by Gasteiger charge is -2.32. The molecule has 1 unspecified atom stereocenters. The van der Waals surface area contributed by atoms with Gasteiger partial charge >= 0.3 is 0 Å². The lowest BCUT2D eigenvalue weighted by Crippen LogP contribution is -2.40. The second kappa shape index (κ2) is 7.43. The minimum Gasteiger partial charge on any atom is -0.389 e. The molecule has 1 aromatic heterocycles. The Balaban J connectivity index is 1.50. The van der Waals surface area contributed by atoms with Crippen molar-refractivity contribution in [2.75, 3.05) is 26.2 Å². The molecule has 126 valence electrons. The number of nitrogens with zero attached hydrogens (tertiary/aromatic N) is 2. The summed E-state index contributed by atoms with van der Waals surface area (Å²) >= 11 is 0. The molecule has 1 aliphatic rings. The fourth-order valence-corrected chi connectivity index (χ4v) is 3.21. The molecule has 23 heavy (non-hydrogen) atoms. The SMILES string of the molecule is CC(C)OCC(O)CN1CCC(c2nc3ccccc3[nH]2)CC1. The summed E-state index contributed by atoms with van der Waals surface area (Å²) in [4.78, 5) is 10.5. The standard InChI is InChI=1S/C18H27N3O2/c1-13(2)23-12-15(22)11-21-9-7-14(8-10-21)18-19-16-5-3-4-6-17(16)20-18/h3-6,13-15,22H,7-12H2,1-2H3,(H,19,20). The summed E-state index contributed by atoms with van der Waals surface area (Å²) in [5.74, 6) is 1.59. The summed E-state index contributed by atoms with van der Waals surface area (Å²) in [5, 5.41) is 10.0. The highest BCUT2D eigenvalue weighted by Gasteiger charge is 2.24. The minimum absolute atomic E-state index is 0.170. The maximum absolute atomic E-state index is 10.0. The highest BCUT2D eigenvalue weighted by molar-refractivity contribution is 5.74. The molecule has 3 rings (SSSR count). The fraction of sp³-hybridized carbons (Fsp3) is 0.611. The maximum Gasteiger partial charge on any atom is 0.110 e. The summed E-state index contributed by atoms with van der Waals surface area (Å²) in [5.41, 5.74) is 2.16. The van der Waals surface area contributed by atoms with Crippen molar-refractivity contribution in [3.05, 3.63) is 30.1 Å². The summed E-state index contributed by atoms with van der Waals surface area (Å²) in [6, 6.07) is 8.19. The van der Waals surface area contributed by atoms with Crippen molar-refractivity contribution in [1.29, 1.82) is 0 Å². The van der Waals surface area contributed by atoms with E-state index in [1.54, 1.807) is 0 Å². The number of hydrogen-bond donors (Lipinski definition) is 2. The lowest BCUT2D eigenvalue weighted by molar-refractivity contribution is -0.0112. The van der Waals surface area contributed by atoms with Gasteiger partial charge in [-0.3, -0.25) is 0 Å². The number of fused-ring (bicyclic) bond motifs is 1. The van der Waals surface area contributed by atoms with Gasteiger partial charge in [0, 0.05) is 12.5 Å². The maximum atomic E-state index is 10.0. The first-order valence-corrected chi connectivity index (χ1v) is 8.58. The Kier molecular flexibility index (Phi) is 5.30. The monoisotopic (exact) mass is 317 g/mol. The third-order valence-corrected chi connectivity index (χ3v) is 4.47. The highest BCUT2D eigenvalue weighted by Crippen LogP contribution is 2.27. The van der Waals surface area contributed by atoms with Crippen molar-refractivity contribution in [2.24, 2.45) is 0 Å². The number of aromatic amines is 1. The Morgan fingerprint density at radius 2 is 2.04 bits per heavy atom. The molecule has 1 atom stereocenters. The second-order valence-electron chi connectivity index (χ2n) is 6.75. The van der Waals surface area contributed by atoms with Gasteiger partial charge in [-0.2, -0.15) is 0 Å². The van der Waals surface area contributed by atoms with Gasteiger partial charge in [0.1, 0.15) is 5.82 Å². The Morgan fingerprint density at radius 3 is 2.74 bits per heavy atom.